The molecule has 13 nitrogen and oxygen atoms in total. The first-order valence-corrected chi connectivity index (χ1v) is 9.50. The van der Waals surface area contributed by atoms with Gasteiger partial charge in [-0.3, -0.25) is 19.3 Å². The number of halogens is 3. The fourth-order valence-electron chi connectivity index (χ4n) is 3.71. The Hall–Kier alpha value is -2.37. The molecule has 3 N–H and O–H groups in total. The summed E-state index contributed by atoms with van der Waals surface area (Å²) >= 11 is 0.864. The number of nitrogens with two attached hydrogens (primary N) is 1. The first-order chi connectivity index (χ1) is 14.5. The smallest absolute Gasteiger partial charge is 1.00 e. The second-order valence-electron chi connectivity index (χ2n) is 6.71. The van der Waals surface area contributed by atoms with Gasteiger partial charge in [-0.2, -0.15) is 13.2 Å². The third-order valence-corrected chi connectivity index (χ3v) is 5.80. The van der Waals surface area contributed by atoms with Crippen molar-refractivity contribution in [2.75, 3.05) is 12.3 Å². The predicted molar refractivity (Wildman–Crippen MR) is 90.6 cm³/mol. The number of likely N-dealkylation sites (tertiary alicyclic amines) is 1. The van der Waals surface area contributed by atoms with Gasteiger partial charge in [-0.25, -0.2) is 9.48 Å². The summed E-state index contributed by atoms with van der Waals surface area (Å²) in [7, 11) is 0. The molecule has 1 aromatic heterocycles. The van der Waals surface area contributed by atoms with Gasteiger partial charge in [0.2, 0.25) is 11.1 Å². The van der Waals surface area contributed by atoms with Crippen molar-refractivity contribution < 1.29 is 73.2 Å². The normalized spacial score (nSPS) is 23.8. The molecule has 0 aliphatic carbocycles. The van der Waals surface area contributed by atoms with Gasteiger partial charge in [0.05, 0.1) is 12.3 Å². The first-order valence-electron chi connectivity index (χ1n) is 8.52. The Morgan fingerprint density at radius 1 is 1.34 bits per heavy atom. The number of carbonyl (C=O) groups is 4. The molecule has 0 bridgehead atoms. The Balaban J connectivity index is 0.00000193. The summed E-state index contributed by atoms with van der Waals surface area (Å²) in [6, 6.07) is -2.47. The van der Waals surface area contributed by atoms with E-state index in [1.165, 1.54) is 0 Å². The van der Waals surface area contributed by atoms with Crippen molar-refractivity contribution in [3.8, 4) is 0 Å². The van der Waals surface area contributed by atoms with Gasteiger partial charge in [0.15, 0.2) is 5.70 Å². The van der Waals surface area contributed by atoms with Crippen LogP contribution in [0.4, 0.5) is 13.2 Å². The molecule has 3 aliphatic heterocycles. The van der Waals surface area contributed by atoms with E-state index in [1.807, 2.05) is 0 Å². The summed E-state index contributed by atoms with van der Waals surface area (Å²) in [5.74, 6) is -5.81. The van der Waals surface area contributed by atoms with Crippen molar-refractivity contribution in [2.24, 2.45) is 5.73 Å². The molecule has 3 amide bonds. The van der Waals surface area contributed by atoms with E-state index in [1.54, 1.807) is 0 Å². The van der Waals surface area contributed by atoms with Gasteiger partial charge in [-0.05, 0) is 10.4 Å². The van der Waals surface area contributed by atoms with Crippen LogP contribution in [0, 0.1) is 0 Å². The van der Waals surface area contributed by atoms with E-state index in [-0.39, 0.29) is 54.2 Å². The fraction of sp³-hybridized carbons (Fsp3) is 0.500. The Kier molecular flexibility index (Phi) is 6.47. The predicted octanol–water partition coefficient (Wildman–Crippen LogP) is -4.95. The van der Waals surface area contributed by atoms with Crippen LogP contribution in [0.15, 0.2) is 16.6 Å². The minimum atomic E-state index is -5.19. The number of rotatable bonds is 6. The third kappa shape index (κ3) is 3.93. The van der Waals surface area contributed by atoms with Crippen LogP contribution in [0.1, 0.15) is 1.43 Å². The van der Waals surface area contributed by atoms with Crippen LogP contribution in [0.3, 0.4) is 0 Å². The molecule has 4 rings (SSSR count). The molecule has 0 unspecified atom stereocenters. The number of ether oxygens (including phenoxy) is 1. The average molecular weight is 487 g/mol. The van der Waals surface area contributed by atoms with E-state index in [4.69, 9.17) is 10.5 Å². The monoisotopic (exact) mass is 487 g/mol. The summed E-state index contributed by atoms with van der Waals surface area (Å²) in [5.41, 5.74) is 4.55. The van der Waals surface area contributed by atoms with Crippen LogP contribution in [-0.4, -0.2) is 95.5 Å². The summed E-state index contributed by atoms with van der Waals surface area (Å²) in [5, 5.41) is 20.3. The number of aromatic nitrogens is 4. The van der Waals surface area contributed by atoms with Crippen LogP contribution in [0.25, 0.3) is 0 Å². The molecular weight excluding hydrogens is 474 g/mol. The average Bonchev–Trinajstić information content (AvgIpc) is 3.25. The number of aliphatic carboxylic acids is 1. The van der Waals surface area contributed by atoms with E-state index in [2.05, 4.69) is 15.5 Å². The van der Waals surface area contributed by atoms with E-state index in [9.17, 15) is 37.5 Å². The van der Waals surface area contributed by atoms with Crippen molar-refractivity contribution in [1.29, 1.82) is 0 Å². The zero-order valence-corrected chi connectivity index (χ0v) is 19.0. The quantitative estimate of drug-likeness (QED) is 0.225. The number of β-lactam (4-membered cyclic amide) rings is 1. The molecule has 0 radical (unpaired) electrons. The molecule has 18 heteroatoms. The fourth-order valence-corrected chi connectivity index (χ4v) is 4.52. The number of carboxylic acids is 1. The number of hydrogen-bond acceptors (Lipinski definition) is 9. The molecule has 32 heavy (non-hydrogen) atoms. The number of carboxylic acid groups (broad SMARTS) is 1. The first kappa shape index (κ1) is 24.3. The van der Waals surface area contributed by atoms with Crippen molar-refractivity contribution in [3.63, 3.8) is 0 Å². The molecule has 2 saturated heterocycles. The van der Waals surface area contributed by atoms with Gasteiger partial charge in [0, 0.05) is 0 Å². The number of hydrogen-bond donors (Lipinski definition) is 2. The second kappa shape index (κ2) is 8.53. The summed E-state index contributed by atoms with van der Waals surface area (Å²) in [6.45, 7) is -0.872. The molecule has 4 heterocycles. The number of primary amides is 1. The number of alkyl halides is 3. The maximum Gasteiger partial charge on any atom is 1.00 e. The molecule has 1 aromatic rings. The topological polar surface area (TPSA) is 174 Å². The Bertz CT molecular complexity index is 1040. The molecule has 0 saturated carbocycles. The maximum atomic E-state index is 12.9. The Morgan fingerprint density at radius 3 is 2.62 bits per heavy atom. The standard InChI is InChI=1S/C14H12F3N7O6S.Na.H/c15-14(16,17)12(29)22-1-4-7-9(22)10(26)24(7)8(11(27)28)5(30-4)3-31-13-19-20-21-23(13)2-6(18)25;;/h4,7,9H,1-3H2,(H2,18,25)(H,27,28);;/q;+1;-1/t4-,7-,9+;;/m1../s1. The molecular formula is C14H13F3N7NaO6S. The second-order valence-corrected chi connectivity index (χ2v) is 7.65. The number of carbonyl (C=O) groups excluding carboxylic acids is 3. The Morgan fingerprint density at radius 2 is 2.03 bits per heavy atom. The van der Waals surface area contributed by atoms with Gasteiger partial charge in [0.1, 0.15) is 30.5 Å². The SMILES string of the molecule is NC(=O)Cn1nnnc1SCC1=C(C(=O)O)N2C(=O)[C@@H]3[C@H]2[C@@H](CN3C(=O)C(F)(F)F)O1.[H-].[Na+]. The number of tetrazole rings is 1. The van der Waals surface area contributed by atoms with Crippen molar-refractivity contribution >= 4 is 35.5 Å². The zero-order valence-electron chi connectivity index (χ0n) is 17.1. The molecule has 2 fully saturated rings. The van der Waals surface area contributed by atoms with Gasteiger partial charge >= 0.3 is 47.6 Å². The van der Waals surface area contributed by atoms with Gasteiger partial charge in [0.25, 0.3) is 5.91 Å². The minimum Gasteiger partial charge on any atom is -1.00 e. The number of thioether (sulfide) groups is 1. The summed E-state index contributed by atoms with van der Waals surface area (Å²) in [6.07, 6.45) is -6.22. The zero-order chi connectivity index (χ0) is 22.7. The molecule has 3 atom stereocenters. The number of amides is 3. The van der Waals surface area contributed by atoms with E-state index in [0.717, 1.165) is 21.3 Å². The van der Waals surface area contributed by atoms with Crippen LogP contribution in [0.2, 0.25) is 0 Å². The van der Waals surface area contributed by atoms with Crippen molar-refractivity contribution in [3.05, 3.63) is 11.5 Å². The van der Waals surface area contributed by atoms with E-state index < -0.39 is 60.3 Å². The van der Waals surface area contributed by atoms with Gasteiger partial charge in [-0.1, -0.05) is 11.8 Å². The van der Waals surface area contributed by atoms with Gasteiger partial charge in [-0.15, -0.1) is 5.10 Å². The molecule has 0 spiro atoms. The van der Waals surface area contributed by atoms with Crippen molar-refractivity contribution in [2.45, 2.75) is 36.1 Å². The number of nitrogens with zero attached hydrogens (tertiary/aromatic N) is 6. The Labute approximate surface area is 203 Å². The molecule has 168 valence electrons. The van der Waals surface area contributed by atoms with E-state index >= 15 is 0 Å². The largest absolute Gasteiger partial charge is 1.00 e. The van der Waals surface area contributed by atoms with Crippen LogP contribution in [0.5, 0.6) is 0 Å². The summed E-state index contributed by atoms with van der Waals surface area (Å²) in [4.78, 5) is 48.2. The summed E-state index contributed by atoms with van der Waals surface area (Å²) < 4.78 is 45.3. The van der Waals surface area contributed by atoms with Crippen LogP contribution in [-0.2, 0) is 30.5 Å². The van der Waals surface area contributed by atoms with E-state index in [0.29, 0.717) is 4.90 Å². The van der Waals surface area contributed by atoms with Gasteiger partial charge < -0.3 is 21.9 Å². The maximum absolute atomic E-state index is 12.9. The third-order valence-electron chi connectivity index (χ3n) is 4.85. The van der Waals surface area contributed by atoms with Crippen LogP contribution < -0.4 is 35.3 Å². The minimum absolute atomic E-state index is 0. The molecule has 0 aromatic carbocycles. The van der Waals surface area contributed by atoms with Crippen molar-refractivity contribution in [1.82, 2.24) is 30.0 Å². The van der Waals surface area contributed by atoms with Crippen LogP contribution >= 0.6 is 11.8 Å². The molecule has 3 aliphatic rings.